The summed E-state index contributed by atoms with van der Waals surface area (Å²) < 4.78 is 1.39. The van der Waals surface area contributed by atoms with E-state index < -0.39 is 12.0 Å². The van der Waals surface area contributed by atoms with Crippen LogP contribution in [0.4, 0.5) is 0 Å². The lowest BCUT2D eigenvalue weighted by atomic mass is 9.92. The number of hydrogen-bond acceptors (Lipinski definition) is 4. The highest BCUT2D eigenvalue weighted by atomic mass is 16.4. The number of carboxylic acids is 1. The molecule has 1 N–H and O–H groups in total. The number of hydrogen-bond donors (Lipinski definition) is 1. The summed E-state index contributed by atoms with van der Waals surface area (Å²) in [5.41, 5.74) is 1.66. The maximum absolute atomic E-state index is 12.4. The molecule has 2 heterocycles. The van der Waals surface area contributed by atoms with Crippen LogP contribution in [0.3, 0.4) is 0 Å². The highest BCUT2D eigenvalue weighted by Gasteiger charge is 2.35. The fourth-order valence-electron chi connectivity index (χ4n) is 2.65. The maximum atomic E-state index is 12.4. The van der Waals surface area contributed by atoms with Crippen molar-refractivity contribution in [3.63, 3.8) is 0 Å². The Kier molecular flexibility index (Phi) is 3.39. The molecule has 0 saturated carbocycles. The van der Waals surface area contributed by atoms with E-state index in [1.54, 1.807) is 12.1 Å². The Balaban J connectivity index is 1.88. The second-order valence-electron chi connectivity index (χ2n) is 4.87. The molecular formula is C14H14N4O3. The molecule has 108 valence electrons. The summed E-state index contributed by atoms with van der Waals surface area (Å²) in [6.07, 6.45) is 3.43. The van der Waals surface area contributed by atoms with Gasteiger partial charge in [-0.25, -0.2) is 14.5 Å². The highest BCUT2D eigenvalue weighted by Crippen LogP contribution is 2.30. The minimum atomic E-state index is -1.02. The Morgan fingerprint density at radius 2 is 2.14 bits per heavy atom. The van der Waals surface area contributed by atoms with Crippen LogP contribution in [0.5, 0.6) is 0 Å². The van der Waals surface area contributed by atoms with E-state index in [4.69, 9.17) is 0 Å². The number of aromatic nitrogens is 3. The van der Waals surface area contributed by atoms with Crippen molar-refractivity contribution in [2.75, 3.05) is 6.54 Å². The van der Waals surface area contributed by atoms with Crippen molar-refractivity contribution in [2.24, 2.45) is 0 Å². The molecule has 0 radical (unpaired) electrons. The van der Waals surface area contributed by atoms with E-state index in [1.807, 2.05) is 12.1 Å². The zero-order valence-corrected chi connectivity index (χ0v) is 11.2. The molecular weight excluding hydrogens is 272 g/mol. The van der Waals surface area contributed by atoms with Crippen molar-refractivity contribution in [3.8, 4) is 0 Å². The van der Waals surface area contributed by atoms with Crippen molar-refractivity contribution in [2.45, 2.75) is 19.0 Å². The molecule has 0 saturated heterocycles. The molecule has 1 atom stereocenters. The van der Waals surface area contributed by atoms with Crippen LogP contribution in [0.15, 0.2) is 36.9 Å². The molecule has 1 amide bonds. The number of carboxylic acid groups (broad SMARTS) is 1. The third-order valence-corrected chi connectivity index (χ3v) is 3.60. The van der Waals surface area contributed by atoms with Gasteiger partial charge >= 0.3 is 5.97 Å². The van der Waals surface area contributed by atoms with E-state index in [-0.39, 0.29) is 12.5 Å². The second kappa shape index (κ2) is 5.35. The van der Waals surface area contributed by atoms with Crippen molar-refractivity contribution in [1.29, 1.82) is 0 Å². The first-order valence-electron chi connectivity index (χ1n) is 6.59. The average Bonchev–Trinajstić information content (AvgIpc) is 2.98. The normalized spacial score (nSPS) is 17.3. The number of benzene rings is 1. The van der Waals surface area contributed by atoms with E-state index >= 15 is 0 Å². The van der Waals surface area contributed by atoms with Gasteiger partial charge in [-0.05, 0) is 17.5 Å². The van der Waals surface area contributed by atoms with Crippen molar-refractivity contribution >= 4 is 11.9 Å². The molecule has 7 heteroatoms. The van der Waals surface area contributed by atoms with E-state index in [0.29, 0.717) is 18.5 Å². The van der Waals surface area contributed by atoms with Gasteiger partial charge in [0.05, 0.1) is 0 Å². The number of fused-ring (bicyclic) bond motifs is 1. The molecule has 1 aliphatic heterocycles. The molecule has 0 spiro atoms. The van der Waals surface area contributed by atoms with Gasteiger partial charge in [0.15, 0.2) is 6.04 Å². The molecule has 0 aliphatic carbocycles. The van der Waals surface area contributed by atoms with Crippen LogP contribution < -0.4 is 0 Å². The minimum Gasteiger partial charge on any atom is -0.479 e. The Morgan fingerprint density at radius 3 is 2.86 bits per heavy atom. The van der Waals surface area contributed by atoms with Crippen molar-refractivity contribution < 1.29 is 14.7 Å². The number of amides is 1. The average molecular weight is 286 g/mol. The van der Waals surface area contributed by atoms with Crippen molar-refractivity contribution in [1.82, 2.24) is 19.7 Å². The van der Waals surface area contributed by atoms with E-state index in [0.717, 1.165) is 5.56 Å². The minimum absolute atomic E-state index is 0.00799. The summed E-state index contributed by atoms with van der Waals surface area (Å²) in [5.74, 6) is -1.29. The first-order valence-corrected chi connectivity index (χ1v) is 6.59. The van der Waals surface area contributed by atoms with Gasteiger partial charge in [-0.15, -0.1) is 0 Å². The fraction of sp³-hybridized carbons (Fsp3) is 0.286. The molecule has 7 nitrogen and oxygen atoms in total. The third kappa shape index (κ3) is 2.49. The zero-order valence-electron chi connectivity index (χ0n) is 11.2. The monoisotopic (exact) mass is 286 g/mol. The summed E-state index contributed by atoms with van der Waals surface area (Å²) in [5, 5.41) is 13.4. The van der Waals surface area contributed by atoms with Gasteiger partial charge < -0.3 is 10.0 Å². The van der Waals surface area contributed by atoms with E-state index in [1.165, 1.54) is 22.2 Å². The van der Waals surface area contributed by atoms with Gasteiger partial charge in [-0.1, -0.05) is 24.3 Å². The van der Waals surface area contributed by atoms with Crippen molar-refractivity contribution in [3.05, 3.63) is 48.0 Å². The first kappa shape index (κ1) is 13.3. The van der Waals surface area contributed by atoms with Crippen LogP contribution in [0.1, 0.15) is 17.2 Å². The standard InChI is InChI=1S/C14H14N4O3/c19-12(7-17-9-15-8-16-17)18-6-5-10-3-1-2-4-11(10)13(18)14(20)21/h1-4,8-9,13H,5-7H2,(H,20,21). The predicted octanol–water partition coefficient (Wildman–Crippen LogP) is 0.489. The summed E-state index contributed by atoms with van der Waals surface area (Å²) in [6, 6.07) is 6.41. The maximum Gasteiger partial charge on any atom is 0.331 e. The van der Waals surface area contributed by atoms with Crippen LogP contribution in [0.2, 0.25) is 0 Å². The molecule has 0 fully saturated rings. The smallest absolute Gasteiger partial charge is 0.331 e. The molecule has 1 aromatic heterocycles. The lowest BCUT2D eigenvalue weighted by Crippen LogP contribution is -2.44. The number of carbonyl (C=O) groups is 2. The third-order valence-electron chi connectivity index (χ3n) is 3.60. The van der Waals surface area contributed by atoms with Crippen LogP contribution in [-0.4, -0.2) is 43.2 Å². The van der Waals surface area contributed by atoms with E-state index in [2.05, 4.69) is 10.1 Å². The largest absolute Gasteiger partial charge is 0.479 e. The van der Waals surface area contributed by atoms with Gasteiger partial charge in [-0.2, -0.15) is 5.10 Å². The fourth-order valence-corrected chi connectivity index (χ4v) is 2.65. The number of aliphatic carboxylic acids is 1. The van der Waals surface area contributed by atoms with Gasteiger partial charge in [0, 0.05) is 6.54 Å². The Morgan fingerprint density at radius 1 is 1.33 bits per heavy atom. The molecule has 3 rings (SSSR count). The molecule has 1 aromatic carbocycles. The zero-order chi connectivity index (χ0) is 14.8. The van der Waals surface area contributed by atoms with Gasteiger partial charge in [0.1, 0.15) is 19.2 Å². The van der Waals surface area contributed by atoms with Gasteiger partial charge in [0.2, 0.25) is 5.91 Å². The topological polar surface area (TPSA) is 88.3 Å². The number of carbonyl (C=O) groups excluding carboxylic acids is 1. The molecule has 1 unspecified atom stereocenters. The summed E-state index contributed by atoms with van der Waals surface area (Å²) in [7, 11) is 0. The number of nitrogens with zero attached hydrogens (tertiary/aromatic N) is 4. The summed E-state index contributed by atoms with van der Waals surface area (Å²) in [4.78, 5) is 29.1. The Bertz CT molecular complexity index is 669. The van der Waals surface area contributed by atoms with Crippen LogP contribution in [0.25, 0.3) is 0 Å². The van der Waals surface area contributed by atoms with Gasteiger partial charge in [-0.3, -0.25) is 4.79 Å². The van der Waals surface area contributed by atoms with Crippen LogP contribution in [-0.2, 0) is 22.6 Å². The molecule has 2 aromatic rings. The summed E-state index contributed by atoms with van der Waals surface area (Å²) >= 11 is 0. The van der Waals surface area contributed by atoms with Gasteiger partial charge in [0.25, 0.3) is 0 Å². The quantitative estimate of drug-likeness (QED) is 0.887. The second-order valence-corrected chi connectivity index (χ2v) is 4.87. The molecule has 21 heavy (non-hydrogen) atoms. The molecule has 0 bridgehead atoms. The predicted molar refractivity (Wildman–Crippen MR) is 72.3 cm³/mol. The Hall–Kier alpha value is -2.70. The van der Waals surface area contributed by atoms with E-state index in [9.17, 15) is 14.7 Å². The summed E-state index contributed by atoms with van der Waals surface area (Å²) in [6.45, 7) is 0.382. The lowest BCUT2D eigenvalue weighted by molar-refractivity contribution is -0.151. The first-order chi connectivity index (χ1) is 10.2. The van der Waals surface area contributed by atoms with Crippen LogP contribution >= 0.6 is 0 Å². The Labute approximate surface area is 120 Å². The van der Waals surface area contributed by atoms with Crippen LogP contribution in [0, 0.1) is 0 Å². The highest BCUT2D eigenvalue weighted by molar-refractivity contribution is 5.85. The lowest BCUT2D eigenvalue weighted by Gasteiger charge is -2.34. The number of rotatable bonds is 3. The SMILES string of the molecule is O=C(O)C1c2ccccc2CCN1C(=O)Cn1cncn1. The molecule has 1 aliphatic rings.